The summed E-state index contributed by atoms with van der Waals surface area (Å²) in [6, 6.07) is 0. The van der Waals surface area contributed by atoms with Crippen molar-refractivity contribution in [2.45, 2.75) is 141 Å². The standard InChI is InChI=1S/C28H46N2O9S.C12H22O7/c1-4-21(17-31)39-27(37-3)18-38-26(35)8-6-7-24(33)29-13-14-40-23-15-25(34)30(28(23)36)16-19-9-11-20(12-10-19)22(32)5-2;1-3-9(7-13)19-12(17-2)8-18-11(16)6-4-5-10(14)15/h19-21,23,27,31H,4-18H2,1-3H3,(H,29,33);9,12-13H,3-8H2,1-2H3,(H,14,15). The summed E-state index contributed by atoms with van der Waals surface area (Å²) < 4.78 is 30.9. The van der Waals surface area contributed by atoms with Gasteiger partial charge in [0.2, 0.25) is 17.7 Å². The predicted octanol–water partition coefficient (Wildman–Crippen LogP) is 2.77. The number of ketones is 1. The van der Waals surface area contributed by atoms with E-state index < -0.39 is 41.8 Å². The summed E-state index contributed by atoms with van der Waals surface area (Å²) in [5.74, 6) is -1.23. The largest absolute Gasteiger partial charge is 0.481 e. The molecule has 0 bridgehead atoms. The molecule has 5 atom stereocenters. The van der Waals surface area contributed by atoms with Crippen LogP contribution in [-0.4, -0.2) is 151 Å². The van der Waals surface area contributed by atoms with Crippen LogP contribution in [0.3, 0.4) is 0 Å². The van der Waals surface area contributed by atoms with Crippen LogP contribution < -0.4 is 5.32 Å². The monoisotopic (exact) mass is 864 g/mol. The number of methoxy groups -OCH3 is 2. The van der Waals surface area contributed by atoms with E-state index in [4.69, 9.17) is 38.6 Å². The number of hydrogen-bond donors (Lipinski definition) is 4. The molecule has 2 fully saturated rings. The number of likely N-dealkylation sites (tertiary alicyclic amines) is 1. The minimum absolute atomic E-state index is 0.0416. The third kappa shape index (κ3) is 22.8. The minimum atomic E-state index is -0.945. The number of carboxylic acid groups (broad SMARTS) is 1. The minimum Gasteiger partial charge on any atom is -0.481 e. The number of carboxylic acids is 1. The number of amides is 3. The van der Waals surface area contributed by atoms with Gasteiger partial charge < -0.3 is 49.1 Å². The van der Waals surface area contributed by atoms with E-state index in [0.717, 1.165) is 25.7 Å². The number of imide groups is 1. The van der Waals surface area contributed by atoms with Gasteiger partial charge in [-0.05, 0) is 57.3 Å². The fraction of sp³-hybridized carbons (Fsp3) is 0.825. The molecule has 2 aliphatic rings. The molecule has 1 saturated carbocycles. The van der Waals surface area contributed by atoms with E-state index in [2.05, 4.69) is 5.32 Å². The van der Waals surface area contributed by atoms with Crippen LogP contribution >= 0.6 is 11.8 Å². The Hall–Kier alpha value is -3.20. The first-order valence-electron chi connectivity index (χ1n) is 20.6. The molecule has 4 N–H and O–H groups in total. The average Bonchev–Trinajstić information content (AvgIpc) is 3.50. The Balaban J connectivity index is 0.000000769. The molecule has 1 aliphatic carbocycles. The lowest BCUT2D eigenvalue weighted by Gasteiger charge is -2.30. The Morgan fingerprint density at radius 2 is 1.32 bits per heavy atom. The predicted molar refractivity (Wildman–Crippen MR) is 215 cm³/mol. The fourth-order valence-electron chi connectivity index (χ4n) is 6.20. The number of aliphatic hydroxyl groups is 2. The van der Waals surface area contributed by atoms with E-state index in [1.165, 1.54) is 30.9 Å². The van der Waals surface area contributed by atoms with Gasteiger partial charge in [-0.2, -0.15) is 0 Å². The van der Waals surface area contributed by atoms with Gasteiger partial charge in [-0.25, -0.2) is 0 Å². The number of ether oxygens (including phenoxy) is 6. The van der Waals surface area contributed by atoms with Crippen LogP contribution in [-0.2, 0) is 62.0 Å². The van der Waals surface area contributed by atoms with Gasteiger partial charge >= 0.3 is 17.9 Å². The number of thioether (sulfide) groups is 1. The maximum atomic E-state index is 12.8. The lowest BCUT2D eigenvalue weighted by molar-refractivity contribution is -0.194. The van der Waals surface area contributed by atoms with Gasteiger partial charge in [-0.3, -0.25) is 38.5 Å². The van der Waals surface area contributed by atoms with Gasteiger partial charge in [-0.1, -0.05) is 20.8 Å². The van der Waals surface area contributed by atoms with Gasteiger partial charge in [0, 0.05) is 77.5 Å². The third-order valence-corrected chi connectivity index (χ3v) is 11.1. The lowest BCUT2D eigenvalue weighted by atomic mass is 9.79. The lowest BCUT2D eigenvalue weighted by Crippen LogP contribution is -2.37. The number of carbonyl (C=O) groups excluding carboxylic acids is 6. The van der Waals surface area contributed by atoms with Crippen LogP contribution in [0, 0.1) is 11.8 Å². The molecule has 340 valence electrons. The third-order valence-electron chi connectivity index (χ3n) is 9.89. The molecule has 5 unspecified atom stereocenters. The summed E-state index contributed by atoms with van der Waals surface area (Å²) >= 11 is 1.37. The van der Waals surface area contributed by atoms with Crippen molar-refractivity contribution in [2.75, 3.05) is 59.5 Å². The molecule has 19 heteroatoms. The first kappa shape index (κ1) is 53.8. The summed E-state index contributed by atoms with van der Waals surface area (Å²) in [6.45, 7) is 5.91. The molecular formula is C40H68N2O16S. The van der Waals surface area contributed by atoms with E-state index in [1.54, 1.807) is 0 Å². The van der Waals surface area contributed by atoms with Crippen LogP contribution in [0.15, 0.2) is 0 Å². The van der Waals surface area contributed by atoms with Gasteiger partial charge in [0.1, 0.15) is 19.0 Å². The van der Waals surface area contributed by atoms with E-state index in [1.807, 2.05) is 20.8 Å². The smallest absolute Gasteiger partial charge is 0.305 e. The maximum Gasteiger partial charge on any atom is 0.305 e. The summed E-state index contributed by atoms with van der Waals surface area (Å²) in [6.07, 6.45) is 3.83. The van der Waals surface area contributed by atoms with Crippen molar-refractivity contribution in [1.82, 2.24) is 10.2 Å². The summed E-state index contributed by atoms with van der Waals surface area (Å²) in [5, 5.41) is 28.9. The quantitative estimate of drug-likeness (QED) is 0.0351. The number of rotatable bonds is 30. The summed E-state index contributed by atoms with van der Waals surface area (Å²) in [7, 11) is 2.83. The van der Waals surface area contributed by atoms with Crippen molar-refractivity contribution in [3.05, 3.63) is 0 Å². The van der Waals surface area contributed by atoms with Crippen LogP contribution in [0.25, 0.3) is 0 Å². The highest BCUT2D eigenvalue weighted by atomic mass is 32.2. The topological polar surface area (TPSA) is 251 Å². The molecule has 59 heavy (non-hydrogen) atoms. The van der Waals surface area contributed by atoms with E-state index in [0.29, 0.717) is 50.3 Å². The Bertz CT molecular complexity index is 1270. The summed E-state index contributed by atoms with van der Waals surface area (Å²) in [4.78, 5) is 84.2. The number of nitrogens with zero attached hydrogens (tertiary/aromatic N) is 1. The number of carbonyl (C=O) groups is 7. The van der Waals surface area contributed by atoms with Crippen molar-refractivity contribution in [2.24, 2.45) is 11.8 Å². The zero-order chi connectivity index (χ0) is 44.2. The van der Waals surface area contributed by atoms with Crippen molar-refractivity contribution >= 4 is 53.2 Å². The Morgan fingerprint density at radius 1 is 0.797 bits per heavy atom. The van der Waals surface area contributed by atoms with E-state index in [9.17, 15) is 38.7 Å². The second-order valence-corrected chi connectivity index (χ2v) is 15.6. The fourth-order valence-corrected chi connectivity index (χ4v) is 7.24. The van der Waals surface area contributed by atoms with Crippen molar-refractivity contribution in [3.63, 3.8) is 0 Å². The molecule has 18 nitrogen and oxygen atoms in total. The molecule has 3 amide bonds. The van der Waals surface area contributed by atoms with Gasteiger partial charge in [0.05, 0.1) is 30.7 Å². The number of hydrogen-bond acceptors (Lipinski definition) is 16. The molecular weight excluding hydrogens is 797 g/mol. The SMILES string of the molecule is CCC(=O)C1CCC(CN2C(=O)CC(SCCNC(=O)CCCC(=O)OCC(OC)OC(CC)CO)C2=O)CC1.CCC(CO)OC(COC(=O)CCCC(=O)O)OC. The van der Waals surface area contributed by atoms with Crippen LogP contribution in [0.1, 0.15) is 111 Å². The highest BCUT2D eigenvalue weighted by Crippen LogP contribution is 2.33. The average molecular weight is 865 g/mol. The zero-order valence-electron chi connectivity index (χ0n) is 35.4. The van der Waals surface area contributed by atoms with Crippen molar-refractivity contribution in [3.8, 4) is 0 Å². The van der Waals surface area contributed by atoms with Gasteiger partial charge in [-0.15, -0.1) is 11.8 Å². The second kappa shape index (κ2) is 31.6. The van der Waals surface area contributed by atoms with E-state index in [-0.39, 0.29) is 101 Å². The zero-order valence-corrected chi connectivity index (χ0v) is 36.2. The van der Waals surface area contributed by atoms with Crippen molar-refractivity contribution in [1.29, 1.82) is 0 Å². The number of nitrogens with one attached hydrogen (secondary N) is 1. The molecule has 1 saturated heterocycles. The molecule has 0 aromatic carbocycles. The number of aliphatic hydroxyl groups excluding tert-OH is 2. The van der Waals surface area contributed by atoms with E-state index >= 15 is 0 Å². The Kier molecular flexibility index (Phi) is 28.9. The Morgan fingerprint density at radius 3 is 1.78 bits per heavy atom. The first-order valence-corrected chi connectivity index (χ1v) is 21.7. The van der Waals surface area contributed by atoms with Gasteiger partial charge in [0.15, 0.2) is 12.6 Å². The molecule has 1 heterocycles. The van der Waals surface area contributed by atoms with Gasteiger partial charge in [0.25, 0.3) is 0 Å². The molecule has 0 spiro atoms. The number of esters is 2. The molecule has 0 aromatic heterocycles. The highest BCUT2D eigenvalue weighted by molar-refractivity contribution is 8.00. The normalized spacial score (nSPS) is 19.8. The van der Waals surface area contributed by atoms with Crippen molar-refractivity contribution < 1.29 is 77.3 Å². The number of aliphatic carboxylic acids is 1. The maximum absolute atomic E-state index is 12.8. The molecule has 1 aliphatic heterocycles. The molecule has 0 radical (unpaired) electrons. The Labute approximate surface area is 352 Å². The molecule has 2 rings (SSSR count). The summed E-state index contributed by atoms with van der Waals surface area (Å²) in [5.41, 5.74) is 0. The van der Waals surface area contributed by atoms with Crippen LogP contribution in [0.4, 0.5) is 0 Å². The van der Waals surface area contributed by atoms with Crippen LogP contribution in [0.2, 0.25) is 0 Å². The highest BCUT2D eigenvalue weighted by Gasteiger charge is 2.40. The van der Waals surface area contributed by atoms with Crippen LogP contribution in [0.5, 0.6) is 0 Å². The molecule has 0 aromatic rings. The number of Topliss-reactive ketones (excluding diaryl/α,β-unsaturated/α-hetero) is 1. The second-order valence-electron chi connectivity index (χ2n) is 14.3. The first-order chi connectivity index (χ1) is 28.2.